The maximum Gasteiger partial charge on any atom is 0.340 e. The summed E-state index contributed by atoms with van der Waals surface area (Å²) in [7, 11) is 1.63. The lowest BCUT2D eigenvalue weighted by molar-refractivity contribution is -0.122. The highest BCUT2D eigenvalue weighted by Gasteiger charge is 2.35. The molecule has 6 aromatic rings. The van der Waals surface area contributed by atoms with Crippen molar-refractivity contribution in [3.05, 3.63) is 144 Å². The molecule has 8 heteroatoms. The number of esters is 1. The molecule has 0 unspecified atom stereocenters. The quantitative estimate of drug-likeness (QED) is 0.0786. The van der Waals surface area contributed by atoms with E-state index in [0.717, 1.165) is 57.2 Å². The van der Waals surface area contributed by atoms with E-state index >= 15 is 0 Å². The van der Waals surface area contributed by atoms with E-state index in [1.54, 1.807) is 37.5 Å². The van der Waals surface area contributed by atoms with E-state index in [2.05, 4.69) is 41.0 Å². The summed E-state index contributed by atoms with van der Waals surface area (Å²) in [5, 5.41) is 2.17. The minimum Gasteiger partial charge on any atom is -0.497 e. The first-order valence-corrected chi connectivity index (χ1v) is 16.8. The molecule has 250 valence electrons. The summed E-state index contributed by atoms with van der Waals surface area (Å²) in [5.74, 6) is 0.124. The van der Waals surface area contributed by atoms with Crippen molar-refractivity contribution in [3.63, 3.8) is 0 Å². The standard InChI is InChI=1S/C42H37N3O5/c1-3-4-26-49-41(47)34-15-8-10-16-36(34)43-42-44(25-24-29-18-21-32(48-2)22-19-29)40(46)39(50-42)28-30-20-23-38-35(27-30)33-14-9-11-17-37(33)45(38)31-12-6-5-7-13-31/h5-23,27-28H,3-4,24-26H2,1-2H3. The highest BCUT2D eigenvalue weighted by atomic mass is 16.5. The Morgan fingerprint density at radius 2 is 1.58 bits per heavy atom. The lowest BCUT2D eigenvalue weighted by Crippen LogP contribution is -2.32. The van der Waals surface area contributed by atoms with Gasteiger partial charge in [0.1, 0.15) is 5.75 Å². The number of carbonyl (C=O) groups is 2. The summed E-state index contributed by atoms with van der Waals surface area (Å²) in [6, 6.07) is 39.5. The fourth-order valence-corrected chi connectivity index (χ4v) is 6.14. The van der Waals surface area contributed by atoms with Gasteiger partial charge in [-0.1, -0.05) is 80.1 Å². The van der Waals surface area contributed by atoms with Crippen LogP contribution in [0.15, 0.2) is 132 Å². The maximum atomic E-state index is 14.0. The van der Waals surface area contributed by atoms with Crippen molar-refractivity contribution in [2.75, 3.05) is 20.3 Å². The van der Waals surface area contributed by atoms with Gasteiger partial charge < -0.3 is 18.8 Å². The second-order valence-corrected chi connectivity index (χ2v) is 12.0. The van der Waals surface area contributed by atoms with Gasteiger partial charge >= 0.3 is 12.0 Å². The lowest BCUT2D eigenvalue weighted by atomic mass is 10.1. The van der Waals surface area contributed by atoms with Gasteiger partial charge in [0.15, 0.2) is 5.76 Å². The summed E-state index contributed by atoms with van der Waals surface area (Å²) in [6.45, 7) is 2.67. The molecule has 7 rings (SSSR count). The third-order valence-corrected chi connectivity index (χ3v) is 8.75. The zero-order valence-corrected chi connectivity index (χ0v) is 28.0. The number of aliphatic imine (C=N–C) groups is 1. The number of para-hydroxylation sites is 3. The van der Waals surface area contributed by atoms with Gasteiger partial charge in [-0.3, -0.25) is 9.69 Å². The Morgan fingerprint density at radius 1 is 0.840 bits per heavy atom. The van der Waals surface area contributed by atoms with Gasteiger partial charge in [-0.25, -0.2) is 4.79 Å². The largest absolute Gasteiger partial charge is 0.497 e. The van der Waals surface area contributed by atoms with Crippen molar-refractivity contribution in [1.29, 1.82) is 0 Å². The average molecular weight is 664 g/mol. The minimum atomic E-state index is -0.466. The molecule has 1 fully saturated rings. The number of ether oxygens (including phenoxy) is 3. The molecular weight excluding hydrogens is 626 g/mol. The van der Waals surface area contributed by atoms with Crippen LogP contribution in [0.5, 0.6) is 5.75 Å². The molecule has 1 aliphatic rings. The van der Waals surface area contributed by atoms with E-state index in [1.807, 2.05) is 67.6 Å². The van der Waals surface area contributed by atoms with E-state index in [9.17, 15) is 9.59 Å². The van der Waals surface area contributed by atoms with Gasteiger partial charge in [-0.2, -0.15) is 4.99 Å². The number of nitrogens with zero attached hydrogens (tertiary/aromatic N) is 3. The van der Waals surface area contributed by atoms with Crippen LogP contribution in [-0.2, 0) is 20.7 Å². The second-order valence-electron chi connectivity index (χ2n) is 12.0. The van der Waals surface area contributed by atoms with E-state index in [0.29, 0.717) is 30.8 Å². The van der Waals surface area contributed by atoms with E-state index in [1.165, 1.54) is 4.90 Å². The van der Waals surface area contributed by atoms with Gasteiger partial charge in [0.05, 0.1) is 36.0 Å². The highest BCUT2D eigenvalue weighted by Crippen LogP contribution is 2.34. The monoisotopic (exact) mass is 663 g/mol. The highest BCUT2D eigenvalue weighted by molar-refractivity contribution is 6.13. The molecule has 0 N–H and O–H groups in total. The molecule has 0 aliphatic carbocycles. The van der Waals surface area contributed by atoms with Crippen LogP contribution >= 0.6 is 0 Å². The van der Waals surface area contributed by atoms with Gasteiger partial charge in [-0.05, 0) is 84.6 Å². The first-order chi connectivity index (χ1) is 24.5. The SMILES string of the molecule is CCCCOC(=O)c1ccccc1N=C1OC(=Cc2ccc3c(c2)c2ccccc2n3-c2ccccc2)C(=O)N1CCc1ccc(OC)cc1. The van der Waals surface area contributed by atoms with Crippen molar-refractivity contribution >= 4 is 51.5 Å². The number of amidine groups is 1. The number of aromatic nitrogens is 1. The number of hydrogen-bond donors (Lipinski definition) is 0. The predicted molar refractivity (Wildman–Crippen MR) is 197 cm³/mol. The summed E-state index contributed by atoms with van der Waals surface area (Å²) in [5.41, 5.74) is 5.73. The molecule has 2 heterocycles. The van der Waals surface area contributed by atoms with Crippen molar-refractivity contribution in [1.82, 2.24) is 9.47 Å². The fraction of sp³-hybridized carbons (Fsp3) is 0.167. The molecule has 1 aliphatic heterocycles. The molecule has 0 spiro atoms. The number of hydrogen-bond acceptors (Lipinski definition) is 6. The first kappa shape index (κ1) is 32.4. The Bertz CT molecular complexity index is 2240. The van der Waals surface area contributed by atoms with Crippen molar-refractivity contribution in [2.24, 2.45) is 4.99 Å². The number of fused-ring (bicyclic) bond motifs is 3. The van der Waals surface area contributed by atoms with Crippen LogP contribution in [0.3, 0.4) is 0 Å². The van der Waals surface area contributed by atoms with Gasteiger partial charge in [0, 0.05) is 23.0 Å². The Hall–Kier alpha value is -6.15. The zero-order chi connectivity index (χ0) is 34.5. The molecule has 1 aromatic heterocycles. The third-order valence-electron chi connectivity index (χ3n) is 8.75. The lowest BCUT2D eigenvalue weighted by Gasteiger charge is -2.14. The first-order valence-electron chi connectivity index (χ1n) is 16.8. The summed E-state index contributed by atoms with van der Waals surface area (Å²) >= 11 is 0. The fourth-order valence-electron chi connectivity index (χ4n) is 6.14. The van der Waals surface area contributed by atoms with E-state index in [4.69, 9.17) is 19.2 Å². The molecule has 0 bridgehead atoms. The molecule has 1 saturated heterocycles. The topological polar surface area (TPSA) is 82.4 Å². The number of methoxy groups -OCH3 is 1. The molecule has 1 amide bonds. The number of carbonyl (C=O) groups excluding carboxylic acids is 2. The molecule has 5 aromatic carbocycles. The van der Waals surface area contributed by atoms with Gasteiger partial charge in [0.2, 0.25) is 0 Å². The maximum absolute atomic E-state index is 14.0. The average Bonchev–Trinajstić information content (AvgIpc) is 3.64. The summed E-state index contributed by atoms with van der Waals surface area (Å²) < 4.78 is 19.3. The number of unbranched alkanes of at least 4 members (excludes halogenated alkanes) is 1. The Balaban J connectivity index is 1.25. The smallest absolute Gasteiger partial charge is 0.340 e. The predicted octanol–water partition coefficient (Wildman–Crippen LogP) is 8.88. The molecule has 0 atom stereocenters. The van der Waals surface area contributed by atoms with Gasteiger partial charge in [0.25, 0.3) is 5.91 Å². The van der Waals surface area contributed by atoms with Crippen LogP contribution in [0.1, 0.15) is 41.3 Å². The molecule has 0 saturated carbocycles. The number of benzene rings is 5. The molecule has 8 nitrogen and oxygen atoms in total. The molecule has 50 heavy (non-hydrogen) atoms. The Labute approximate surface area is 290 Å². The van der Waals surface area contributed by atoms with Crippen LogP contribution in [0.25, 0.3) is 33.6 Å². The number of amides is 1. The molecule has 0 radical (unpaired) electrons. The van der Waals surface area contributed by atoms with Crippen LogP contribution in [0.2, 0.25) is 0 Å². The van der Waals surface area contributed by atoms with Crippen molar-refractivity contribution in [2.45, 2.75) is 26.2 Å². The van der Waals surface area contributed by atoms with Gasteiger partial charge in [-0.15, -0.1) is 0 Å². The normalized spacial score (nSPS) is 14.5. The van der Waals surface area contributed by atoms with Crippen LogP contribution < -0.4 is 4.74 Å². The summed E-state index contributed by atoms with van der Waals surface area (Å²) in [4.78, 5) is 33.3. The van der Waals surface area contributed by atoms with Crippen molar-refractivity contribution < 1.29 is 23.8 Å². The molecular formula is C42H37N3O5. The van der Waals surface area contributed by atoms with E-state index in [-0.39, 0.29) is 17.7 Å². The van der Waals surface area contributed by atoms with Crippen molar-refractivity contribution in [3.8, 4) is 11.4 Å². The minimum absolute atomic E-state index is 0.102. The Morgan fingerprint density at radius 3 is 2.38 bits per heavy atom. The summed E-state index contributed by atoms with van der Waals surface area (Å²) in [6.07, 6.45) is 3.99. The van der Waals surface area contributed by atoms with Crippen LogP contribution in [0.4, 0.5) is 5.69 Å². The second kappa shape index (κ2) is 14.5. The zero-order valence-electron chi connectivity index (χ0n) is 28.0. The van der Waals surface area contributed by atoms with Crippen LogP contribution in [-0.4, -0.2) is 47.6 Å². The number of rotatable bonds is 11. The Kier molecular flexibility index (Phi) is 9.42. The third kappa shape index (κ3) is 6.60. The van der Waals surface area contributed by atoms with Crippen LogP contribution in [0, 0.1) is 0 Å². The van der Waals surface area contributed by atoms with E-state index < -0.39 is 5.97 Å².